The fourth-order valence-corrected chi connectivity index (χ4v) is 5.05. The van der Waals surface area contributed by atoms with Gasteiger partial charge in [0, 0.05) is 11.1 Å². The van der Waals surface area contributed by atoms with Gasteiger partial charge in [0.25, 0.3) is 0 Å². The van der Waals surface area contributed by atoms with E-state index < -0.39 is 11.6 Å². The smallest absolute Gasteiger partial charge is 0.204 e. The topological polar surface area (TPSA) is 18.5 Å². The third-order valence-electron chi connectivity index (χ3n) is 6.38. The molecule has 2 nitrogen and oxygen atoms in total. The number of rotatable bonds is 3. The molecule has 2 heterocycles. The summed E-state index contributed by atoms with van der Waals surface area (Å²) >= 11 is 0. The van der Waals surface area contributed by atoms with E-state index in [0.717, 1.165) is 55.6 Å². The first-order chi connectivity index (χ1) is 12.2. The Morgan fingerprint density at radius 3 is 2.40 bits per heavy atom. The first-order valence-electron chi connectivity index (χ1n) is 10.0. The molecule has 1 aromatic carbocycles. The highest BCUT2D eigenvalue weighted by Gasteiger charge is 2.36. The van der Waals surface area contributed by atoms with Gasteiger partial charge in [0.15, 0.2) is 11.5 Å². The third kappa shape index (κ3) is 3.13. The second-order valence-corrected chi connectivity index (χ2v) is 7.96. The lowest BCUT2D eigenvalue weighted by Crippen LogP contribution is -2.34. The molecule has 3 aliphatic rings. The molecular weight excluding hydrogens is 322 g/mol. The van der Waals surface area contributed by atoms with E-state index in [1.165, 1.54) is 25.7 Å². The minimum atomic E-state index is -0.860. The van der Waals surface area contributed by atoms with Crippen LogP contribution in [0.1, 0.15) is 69.4 Å². The molecule has 1 aromatic rings. The summed E-state index contributed by atoms with van der Waals surface area (Å²) in [6.07, 6.45) is 10.7. The van der Waals surface area contributed by atoms with Crippen molar-refractivity contribution < 1.29 is 18.3 Å². The van der Waals surface area contributed by atoms with Gasteiger partial charge >= 0.3 is 0 Å². The molecule has 25 heavy (non-hydrogen) atoms. The Balaban J connectivity index is 1.53. The molecular formula is C21H28F2O2. The van der Waals surface area contributed by atoms with Crippen molar-refractivity contribution in [1.29, 1.82) is 0 Å². The van der Waals surface area contributed by atoms with Gasteiger partial charge in [0.1, 0.15) is 6.10 Å². The number of benzene rings is 1. The molecule has 1 aliphatic carbocycles. The van der Waals surface area contributed by atoms with Gasteiger partial charge in [-0.3, -0.25) is 0 Å². The van der Waals surface area contributed by atoms with Crippen LogP contribution in [0.25, 0.3) is 0 Å². The summed E-state index contributed by atoms with van der Waals surface area (Å²) in [5, 5.41) is 0. The van der Waals surface area contributed by atoms with Crippen LogP contribution in [0, 0.1) is 23.5 Å². The van der Waals surface area contributed by atoms with E-state index in [4.69, 9.17) is 9.47 Å². The van der Waals surface area contributed by atoms with Crippen molar-refractivity contribution in [2.45, 2.75) is 77.2 Å². The van der Waals surface area contributed by atoms with Crippen LogP contribution in [0.5, 0.6) is 11.5 Å². The maximum absolute atomic E-state index is 14.6. The van der Waals surface area contributed by atoms with Crippen LogP contribution in [-0.4, -0.2) is 12.7 Å². The van der Waals surface area contributed by atoms with Crippen LogP contribution in [0.2, 0.25) is 0 Å². The van der Waals surface area contributed by atoms with Crippen molar-refractivity contribution in [3.63, 3.8) is 0 Å². The van der Waals surface area contributed by atoms with E-state index in [1.807, 2.05) is 0 Å². The average molecular weight is 350 g/mol. The molecule has 1 unspecified atom stereocenters. The first kappa shape index (κ1) is 17.1. The zero-order chi connectivity index (χ0) is 17.4. The molecule has 138 valence electrons. The summed E-state index contributed by atoms with van der Waals surface area (Å²) in [6.45, 7) is 2.71. The predicted molar refractivity (Wildman–Crippen MR) is 93.3 cm³/mol. The predicted octanol–water partition coefficient (Wildman–Crippen LogP) is 5.59. The monoisotopic (exact) mass is 350 g/mol. The Morgan fingerprint density at radius 2 is 1.64 bits per heavy atom. The highest BCUT2D eigenvalue weighted by atomic mass is 19.2. The molecule has 0 aromatic heterocycles. The normalized spacial score (nSPS) is 28.5. The highest BCUT2D eigenvalue weighted by molar-refractivity contribution is 5.52. The van der Waals surface area contributed by atoms with Crippen molar-refractivity contribution in [3.05, 3.63) is 22.8 Å². The Bertz CT molecular complexity index is 636. The van der Waals surface area contributed by atoms with Crippen molar-refractivity contribution in [1.82, 2.24) is 0 Å². The minimum absolute atomic E-state index is 0.0338. The Morgan fingerprint density at radius 1 is 0.920 bits per heavy atom. The molecule has 0 N–H and O–H groups in total. The standard InChI is InChI=1S/C21H28F2O2/c1-2-4-13-6-8-14(9-7-13)17-11-10-16-15-5-3-12-24-20(15)18(22)19(23)21(16)25-17/h13-14,17H,2-12H2,1H3. The SMILES string of the molecule is CCCC1CCC(C2CCc3c4c(c(F)c(F)c3O2)OCCC4)CC1. The maximum Gasteiger partial charge on any atom is 0.204 e. The summed E-state index contributed by atoms with van der Waals surface area (Å²) < 4.78 is 40.5. The molecule has 0 radical (unpaired) electrons. The van der Waals surface area contributed by atoms with E-state index >= 15 is 0 Å². The van der Waals surface area contributed by atoms with Gasteiger partial charge in [-0.2, -0.15) is 8.78 Å². The molecule has 1 atom stereocenters. The molecule has 1 saturated carbocycles. The van der Waals surface area contributed by atoms with E-state index in [2.05, 4.69) is 6.92 Å². The maximum atomic E-state index is 14.6. The fourth-order valence-electron chi connectivity index (χ4n) is 5.05. The second kappa shape index (κ2) is 7.13. The second-order valence-electron chi connectivity index (χ2n) is 7.96. The van der Waals surface area contributed by atoms with Gasteiger partial charge in [-0.15, -0.1) is 0 Å². The zero-order valence-electron chi connectivity index (χ0n) is 15.1. The van der Waals surface area contributed by atoms with Gasteiger partial charge in [-0.25, -0.2) is 0 Å². The van der Waals surface area contributed by atoms with E-state index in [9.17, 15) is 8.78 Å². The van der Waals surface area contributed by atoms with Crippen molar-refractivity contribution in [3.8, 4) is 11.5 Å². The molecule has 0 amide bonds. The van der Waals surface area contributed by atoms with Gasteiger partial charge in [-0.05, 0) is 50.4 Å². The lowest BCUT2D eigenvalue weighted by molar-refractivity contribution is 0.0700. The van der Waals surface area contributed by atoms with Crippen molar-refractivity contribution in [2.24, 2.45) is 11.8 Å². The lowest BCUT2D eigenvalue weighted by atomic mass is 9.76. The van der Waals surface area contributed by atoms with Crippen LogP contribution >= 0.6 is 0 Å². The molecule has 0 saturated heterocycles. The van der Waals surface area contributed by atoms with Crippen molar-refractivity contribution in [2.75, 3.05) is 6.61 Å². The van der Waals surface area contributed by atoms with Crippen LogP contribution in [-0.2, 0) is 12.8 Å². The number of halogens is 2. The van der Waals surface area contributed by atoms with Crippen LogP contribution in [0.4, 0.5) is 8.78 Å². The highest BCUT2D eigenvalue weighted by Crippen LogP contribution is 2.45. The molecule has 2 aliphatic heterocycles. The van der Waals surface area contributed by atoms with E-state index in [1.54, 1.807) is 0 Å². The minimum Gasteiger partial charge on any atom is -0.490 e. The molecule has 0 spiro atoms. The number of hydrogen-bond acceptors (Lipinski definition) is 2. The Hall–Kier alpha value is -1.32. The lowest BCUT2D eigenvalue weighted by Gasteiger charge is -2.37. The van der Waals surface area contributed by atoms with Gasteiger partial charge in [-0.1, -0.05) is 32.6 Å². The van der Waals surface area contributed by atoms with Gasteiger partial charge in [0.05, 0.1) is 6.61 Å². The summed E-state index contributed by atoms with van der Waals surface area (Å²) in [5.41, 5.74) is 1.69. The summed E-state index contributed by atoms with van der Waals surface area (Å²) in [6, 6.07) is 0. The zero-order valence-corrected chi connectivity index (χ0v) is 15.1. The third-order valence-corrected chi connectivity index (χ3v) is 6.38. The number of fused-ring (bicyclic) bond motifs is 3. The largest absolute Gasteiger partial charge is 0.490 e. The molecule has 4 heteroatoms. The fraction of sp³-hybridized carbons (Fsp3) is 0.714. The average Bonchev–Trinajstić information content (AvgIpc) is 2.66. The van der Waals surface area contributed by atoms with Crippen molar-refractivity contribution >= 4 is 0 Å². The summed E-state index contributed by atoms with van der Waals surface area (Å²) in [5.74, 6) is -0.0782. The van der Waals surface area contributed by atoms with Gasteiger partial charge in [0.2, 0.25) is 11.6 Å². The van der Waals surface area contributed by atoms with E-state index in [-0.39, 0.29) is 17.6 Å². The van der Waals surface area contributed by atoms with Crippen LogP contribution in [0.15, 0.2) is 0 Å². The quantitative estimate of drug-likeness (QED) is 0.707. The van der Waals surface area contributed by atoms with E-state index in [0.29, 0.717) is 12.5 Å². The van der Waals surface area contributed by atoms with Crippen LogP contribution < -0.4 is 9.47 Å². The molecule has 0 bridgehead atoms. The number of ether oxygens (including phenoxy) is 2. The molecule has 4 rings (SSSR count). The van der Waals surface area contributed by atoms with Gasteiger partial charge < -0.3 is 9.47 Å². The van der Waals surface area contributed by atoms with Crippen LogP contribution in [0.3, 0.4) is 0 Å². The Labute approximate surface area is 148 Å². The summed E-state index contributed by atoms with van der Waals surface area (Å²) in [7, 11) is 0. The summed E-state index contributed by atoms with van der Waals surface area (Å²) in [4.78, 5) is 0. The Kier molecular flexibility index (Phi) is 4.88. The number of hydrogen-bond donors (Lipinski definition) is 0. The molecule has 1 fully saturated rings. The first-order valence-corrected chi connectivity index (χ1v) is 10.0.